The Bertz CT molecular complexity index is 731. The number of hydrogen-bond acceptors (Lipinski definition) is 3. The van der Waals surface area contributed by atoms with Crippen LogP contribution in [-0.4, -0.2) is 35.0 Å². The fourth-order valence-corrected chi connectivity index (χ4v) is 2.77. The molecule has 1 atom stereocenters. The van der Waals surface area contributed by atoms with E-state index in [1.54, 1.807) is 4.90 Å². The van der Waals surface area contributed by atoms with E-state index in [9.17, 15) is 9.59 Å². The summed E-state index contributed by atoms with van der Waals surface area (Å²) >= 11 is 0. The first-order chi connectivity index (χ1) is 9.97. The zero-order valence-corrected chi connectivity index (χ0v) is 12.0. The molecule has 2 heterocycles. The number of carbonyl (C=O) groups is 2. The molecule has 1 saturated heterocycles. The minimum Gasteiger partial charge on any atom is -0.481 e. The van der Waals surface area contributed by atoms with E-state index >= 15 is 0 Å². The van der Waals surface area contributed by atoms with Crippen LogP contribution in [0.2, 0.25) is 0 Å². The molecule has 1 fully saturated rings. The molecule has 1 aromatic heterocycles. The number of likely N-dealkylation sites (tertiary alicyclic amines) is 1. The van der Waals surface area contributed by atoms with Crippen LogP contribution in [0, 0.1) is 19.8 Å². The van der Waals surface area contributed by atoms with E-state index < -0.39 is 11.9 Å². The second kappa shape index (κ2) is 4.91. The highest BCUT2D eigenvalue weighted by molar-refractivity contribution is 6.06. The molecule has 2 aromatic rings. The number of nitrogens with zero attached hydrogens (tertiary/aromatic N) is 1. The summed E-state index contributed by atoms with van der Waals surface area (Å²) in [7, 11) is 0. The van der Waals surface area contributed by atoms with Crippen LogP contribution in [-0.2, 0) is 4.79 Å². The fourth-order valence-electron chi connectivity index (χ4n) is 2.77. The summed E-state index contributed by atoms with van der Waals surface area (Å²) in [5.41, 5.74) is 3.42. The Morgan fingerprint density at radius 2 is 2.00 bits per heavy atom. The first-order valence-electron chi connectivity index (χ1n) is 6.98. The minimum atomic E-state index is -0.839. The summed E-state index contributed by atoms with van der Waals surface area (Å²) in [5.74, 6) is -1.45. The van der Waals surface area contributed by atoms with Crippen molar-refractivity contribution in [3.05, 3.63) is 35.1 Å². The molecule has 0 aliphatic carbocycles. The second-order valence-electron chi connectivity index (χ2n) is 5.66. The van der Waals surface area contributed by atoms with Gasteiger partial charge in [0.1, 0.15) is 11.8 Å². The van der Waals surface area contributed by atoms with E-state index in [0.717, 1.165) is 16.5 Å². The third-order valence-electron chi connectivity index (χ3n) is 4.24. The molecule has 5 heteroatoms. The highest BCUT2D eigenvalue weighted by Gasteiger charge is 2.32. The van der Waals surface area contributed by atoms with E-state index in [0.29, 0.717) is 24.1 Å². The fraction of sp³-hybridized carbons (Fsp3) is 0.375. The van der Waals surface area contributed by atoms with Crippen molar-refractivity contribution >= 4 is 22.8 Å². The summed E-state index contributed by atoms with van der Waals surface area (Å²) in [6.45, 7) is 4.74. The maximum Gasteiger partial charge on any atom is 0.308 e. The van der Waals surface area contributed by atoms with Crippen LogP contribution >= 0.6 is 0 Å². The van der Waals surface area contributed by atoms with Gasteiger partial charge in [-0.3, -0.25) is 9.59 Å². The van der Waals surface area contributed by atoms with Crippen LogP contribution in [0.25, 0.3) is 11.0 Å². The number of furan rings is 1. The van der Waals surface area contributed by atoms with Gasteiger partial charge in [-0.1, -0.05) is 0 Å². The molecule has 0 spiro atoms. The quantitative estimate of drug-likeness (QED) is 0.921. The molecule has 110 valence electrons. The van der Waals surface area contributed by atoms with Gasteiger partial charge >= 0.3 is 5.97 Å². The van der Waals surface area contributed by atoms with Crippen LogP contribution in [0.15, 0.2) is 22.8 Å². The monoisotopic (exact) mass is 287 g/mol. The number of carbonyl (C=O) groups excluding carboxylic acids is 1. The maximum atomic E-state index is 12.6. The Kier molecular flexibility index (Phi) is 3.20. The number of benzene rings is 1. The lowest BCUT2D eigenvalue weighted by atomic mass is 10.0. The molecular weight excluding hydrogens is 270 g/mol. The third kappa shape index (κ3) is 2.28. The van der Waals surface area contributed by atoms with Crippen molar-refractivity contribution in [1.29, 1.82) is 0 Å². The number of aliphatic carboxylic acids is 1. The van der Waals surface area contributed by atoms with Crippen LogP contribution in [0.4, 0.5) is 0 Å². The van der Waals surface area contributed by atoms with E-state index in [1.165, 1.54) is 6.26 Å². The molecule has 1 unspecified atom stereocenters. The van der Waals surface area contributed by atoms with E-state index in [-0.39, 0.29) is 12.5 Å². The smallest absolute Gasteiger partial charge is 0.308 e. The van der Waals surface area contributed by atoms with Crippen LogP contribution in [0.3, 0.4) is 0 Å². The molecule has 3 rings (SSSR count). The number of carboxylic acid groups (broad SMARTS) is 1. The molecule has 5 nitrogen and oxygen atoms in total. The van der Waals surface area contributed by atoms with Crippen molar-refractivity contribution in [3.63, 3.8) is 0 Å². The Hall–Kier alpha value is -2.30. The molecule has 1 aliphatic rings. The number of hydrogen-bond donors (Lipinski definition) is 1. The Morgan fingerprint density at radius 1 is 1.29 bits per heavy atom. The van der Waals surface area contributed by atoms with Crippen molar-refractivity contribution in [1.82, 2.24) is 4.90 Å². The van der Waals surface area contributed by atoms with Crippen molar-refractivity contribution < 1.29 is 19.1 Å². The highest BCUT2D eigenvalue weighted by atomic mass is 16.4. The zero-order valence-electron chi connectivity index (χ0n) is 12.0. The first kappa shape index (κ1) is 13.7. The Morgan fingerprint density at radius 3 is 2.67 bits per heavy atom. The van der Waals surface area contributed by atoms with Crippen LogP contribution in [0.1, 0.15) is 27.9 Å². The molecule has 0 radical (unpaired) electrons. The second-order valence-corrected chi connectivity index (χ2v) is 5.66. The zero-order chi connectivity index (χ0) is 15.1. The number of amides is 1. The Labute approximate surface area is 122 Å². The van der Waals surface area contributed by atoms with E-state index in [1.807, 2.05) is 26.0 Å². The van der Waals surface area contributed by atoms with Gasteiger partial charge in [0.25, 0.3) is 5.91 Å². The van der Waals surface area contributed by atoms with Gasteiger partial charge in [-0.15, -0.1) is 0 Å². The molecule has 1 amide bonds. The van der Waals surface area contributed by atoms with Gasteiger partial charge in [-0.05, 0) is 43.5 Å². The summed E-state index contributed by atoms with van der Waals surface area (Å²) in [5, 5.41) is 9.82. The van der Waals surface area contributed by atoms with E-state index in [4.69, 9.17) is 9.52 Å². The maximum absolute atomic E-state index is 12.6. The van der Waals surface area contributed by atoms with Gasteiger partial charge in [-0.25, -0.2) is 0 Å². The third-order valence-corrected chi connectivity index (χ3v) is 4.24. The summed E-state index contributed by atoms with van der Waals surface area (Å²) in [4.78, 5) is 25.1. The topological polar surface area (TPSA) is 70.8 Å². The lowest BCUT2D eigenvalue weighted by Crippen LogP contribution is -2.29. The lowest BCUT2D eigenvalue weighted by Gasteiger charge is -2.14. The summed E-state index contributed by atoms with van der Waals surface area (Å²) < 4.78 is 5.48. The molecule has 21 heavy (non-hydrogen) atoms. The number of rotatable bonds is 2. The van der Waals surface area contributed by atoms with Crippen molar-refractivity contribution in [3.8, 4) is 0 Å². The first-order valence-corrected chi connectivity index (χ1v) is 6.98. The van der Waals surface area contributed by atoms with E-state index in [2.05, 4.69) is 0 Å². The van der Waals surface area contributed by atoms with Gasteiger partial charge in [0.05, 0.1) is 11.5 Å². The summed E-state index contributed by atoms with van der Waals surface area (Å²) in [6, 6.07) is 3.87. The number of aryl methyl sites for hydroxylation is 2. The van der Waals surface area contributed by atoms with Crippen molar-refractivity contribution in [2.24, 2.45) is 5.92 Å². The van der Waals surface area contributed by atoms with Gasteiger partial charge < -0.3 is 14.4 Å². The van der Waals surface area contributed by atoms with Crippen molar-refractivity contribution in [2.45, 2.75) is 20.3 Å². The Balaban J connectivity index is 1.92. The van der Waals surface area contributed by atoms with Gasteiger partial charge in [0, 0.05) is 18.5 Å². The predicted octanol–water partition coefficient (Wildman–Crippen LogP) is 2.60. The molecule has 1 aliphatic heterocycles. The highest BCUT2D eigenvalue weighted by Crippen LogP contribution is 2.27. The molecule has 0 bridgehead atoms. The molecule has 0 saturated carbocycles. The van der Waals surface area contributed by atoms with Gasteiger partial charge in [-0.2, -0.15) is 0 Å². The average Bonchev–Trinajstić information content (AvgIpc) is 3.05. The van der Waals surface area contributed by atoms with Gasteiger partial charge in [0.2, 0.25) is 0 Å². The normalized spacial score (nSPS) is 18.4. The van der Waals surface area contributed by atoms with Crippen LogP contribution < -0.4 is 0 Å². The lowest BCUT2D eigenvalue weighted by molar-refractivity contribution is -0.141. The predicted molar refractivity (Wildman–Crippen MR) is 77.3 cm³/mol. The summed E-state index contributed by atoms with van der Waals surface area (Å²) in [6.07, 6.45) is 1.98. The largest absolute Gasteiger partial charge is 0.481 e. The number of carboxylic acids is 1. The van der Waals surface area contributed by atoms with Gasteiger partial charge in [0.15, 0.2) is 0 Å². The van der Waals surface area contributed by atoms with Crippen LogP contribution in [0.5, 0.6) is 0 Å². The SMILES string of the molecule is Cc1cc2occ(C(=O)N3CCC(C(=O)O)C3)c2cc1C. The average molecular weight is 287 g/mol. The molecule has 1 aromatic carbocycles. The molecule has 1 N–H and O–H groups in total. The number of fused-ring (bicyclic) bond motifs is 1. The minimum absolute atomic E-state index is 0.152. The standard InChI is InChI=1S/C16H17NO4/c1-9-5-12-13(8-21-14(12)6-10(9)2)15(18)17-4-3-11(7-17)16(19)20/h5-6,8,11H,3-4,7H2,1-2H3,(H,19,20). The van der Waals surface area contributed by atoms with Crippen molar-refractivity contribution in [2.75, 3.05) is 13.1 Å². The molecular formula is C16H17NO4.